The van der Waals surface area contributed by atoms with Crippen LogP contribution < -0.4 is 16.0 Å². The molecule has 136 valence electrons. The average Bonchev–Trinajstić information content (AvgIpc) is 3.06. The number of aromatic amines is 1. The number of hydrogen-bond donors (Lipinski definition) is 4. The molecule has 0 atom stereocenters. The van der Waals surface area contributed by atoms with Gasteiger partial charge in [0.1, 0.15) is 0 Å². The number of nitrogens with one attached hydrogen (secondary N) is 4. The Morgan fingerprint density at radius 1 is 1.31 bits per heavy atom. The summed E-state index contributed by atoms with van der Waals surface area (Å²) in [4.78, 5) is 25.9. The van der Waals surface area contributed by atoms with Crippen LogP contribution in [-0.2, 0) is 9.59 Å². The highest BCUT2D eigenvalue weighted by atomic mass is 19.3. The number of carbonyl (C=O) groups excluding carboxylic acids is 2. The van der Waals surface area contributed by atoms with Crippen molar-refractivity contribution in [1.29, 1.82) is 0 Å². The number of H-pyrrole nitrogens is 1. The molecular weight excluding hydrogens is 342 g/mol. The largest absolute Gasteiger partial charge is 0.383 e. The van der Waals surface area contributed by atoms with Crippen LogP contribution in [0.2, 0.25) is 0 Å². The third-order valence-electron chi connectivity index (χ3n) is 4.15. The predicted molar refractivity (Wildman–Crippen MR) is 97.3 cm³/mol. The number of benzene rings is 1. The zero-order valence-electron chi connectivity index (χ0n) is 14.2. The predicted octanol–water partition coefficient (Wildman–Crippen LogP) is 3.75. The van der Waals surface area contributed by atoms with Crippen molar-refractivity contribution in [3.05, 3.63) is 40.7 Å². The standard InChI is InChI=1S/C18H18F2N4O2/c1-3-21-16-9(2)23-14(15(16)17(19)20)7-12-11-6-10(22-8-25)4-5-13(11)24-18(12)26/h4-8,17,21,23H,3H2,1-2H3,(H,22,25)(H,24,26)/b12-7-. The lowest BCUT2D eigenvalue weighted by Gasteiger charge is -2.07. The van der Waals surface area contributed by atoms with Gasteiger partial charge in [-0.2, -0.15) is 0 Å². The van der Waals surface area contributed by atoms with Crippen molar-refractivity contribution >= 4 is 41.0 Å². The zero-order valence-corrected chi connectivity index (χ0v) is 14.2. The fourth-order valence-electron chi connectivity index (χ4n) is 3.05. The molecule has 2 amide bonds. The highest BCUT2D eigenvalue weighted by Crippen LogP contribution is 2.39. The Morgan fingerprint density at radius 3 is 2.73 bits per heavy atom. The number of amides is 2. The summed E-state index contributed by atoms with van der Waals surface area (Å²) in [6.07, 6.45) is -0.754. The number of aromatic nitrogens is 1. The molecule has 1 aromatic carbocycles. The molecule has 1 aromatic heterocycles. The van der Waals surface area contributed by atoms with Gasteiger partial charge in [-0.3, -0.25) is 9.59 Å². The molecule has 8 heteroatoms. The van der Waals surface area contributed by atoms with E-state index in [1.165, 1.54) is 6.08 Å². The first-order valence-electron chi connectivity index (χ1n) is 8.08. The van der Waals surface area contributed by atoms with Gasteiger partial charge in [0.25, 0.3) is 12.3 Å². The van der Waals surface area contributed by atoms with E-state index in [1.54, 1.807) is 25.1 Å². The van der Waals surface area contributed by atoms with E-state index < -0.39 is 6.43 Å². The quantitative estimate of drug-likeness (QED) is 0.467. The van der Waals surface area contributed by atoms with E-state index in [9.17, 15) is 18.4 Å². The molecule has 6 nitrogen and oxygen atoms in total. The molecule has 0 bridgehead atoms. The van der Waals surface area contributed by atoms with E-state index in [-0.39, 0.29) is 22.7 Å². The maximum Gasteiger partial charge on any atom is 0.267 e. The van der Waals surface area contributed by atoms with Crippen molar-refractivity contribution in [3.63, 3.8) is 0 Å². The molecule has 0 saturated carbocycles. The summed E-state index contributed by atoms with van der Waals surface area (Å²) in [5, 5.41) is 8.14. The Bertz CT molecular complexity index is 903. The third kappa shape index (κ3) is 3.05. The minimum Gasteiger partial charge on any atom is -0.383 e. The second-order valence-electron chi connectivity index (χ2n) is 5.82. The average molecular weight is 360 g/mol. The summed E-state index contributed by atoms with van der Waals surface area (Å²) in [5.41, 5.74) is 2.80. The fourth-order valence-corrected chi connectivity index (χ4v) is 3.05. The Balaban J connectivity index is 2.12. The van der Waals surface area contributed by atoms with Crippen LogP contribution in [0.15, 0.2) is 18.2 Å². The maximum absolute atomic E-state index is 13.6. The molecule has 0 unspecified atom stereocenters. The van der Waals surface area contributed by atoms with Gasteiger partial charge >= 0.3 is 0 Å². The zero-order chi connectivity index (χ0) is 18.8. The lowest BCUT2D eigenvalue weighted by Crippen LogP contribution is -2.04. The Labute approximate surface area is 148 Å². The fraction of sp³-hybridized carbons (Fsp3) is 0.222. The molecule has 1 aliphatic rings. The topological polar surface area (TPSA) is 86.0 Å². The molecule has 0 saturated heterocycles. The van der Waals surface area contributed by atoms with Gasteiger partial charge in [-0.05, 0) is 38.1 Å². The van der Waals surface area contributed by atoms with Crippen LogP contribution in [0.5, 0.6) is 0 Å². The van der Waals surface area contributed by atoms with Crippen molar-refractivity contribution < 1.29 is 18.4 Å². The van der Waals surface area contributed by atoms with Crippen LogP contribution in [0.3, 0.4) is 0 Å². The van der Waals surface area contributed by atoms with Crippen LogP contribution >= 0.6 is 0 Å². The van der Waals surface area contributed by atoms with E-state index in [2.05, 4.69) is 20.9 Å². The first kappa shape index (κ1) is 17.7. The second kappa shape index (κ2) is 6.99. The highest BCUT2D eigenvalue weighted by Gasteiger charge is 2.27. The van der Waals surface area contributed by atoms with E-state index in [4.69, 9.17) is 0 Å². The molecule has 2 heterocycles. The number of fused-ring (bicyclic) bond motifs is 1. The summed E-state index contributed by atoms with van der Waals surface area (Å²) in [6, 6.07) is 4.91. The first-order valence-corrected chi connectivity index (χ1v) is 8.08. The van der Waals surface area contributed by atoms with Crippen LogP contribution in [0, 0.1) is 6.92 Å². The SMILES string of the molecule is CCNc1c(C)[nH]c(/C=C2\C(=O)Nc3ccc(NC=O)cc32)c1C(F)F. The van der Waals surface area contributed by atoms with Crippen LogP contribution in [0.25, 0.3) is 11.6 Å². The van der Waals surface area contributed by atoms with Gasteiger partial charge in [0.2, 0.25) is 6.41 Å². The lowest BCUT2D eigenvalue weighted by molar-refractivity contribution is -0.110. The van der Waals surface area contributed by atoms with Gasteiger partial charge in [0.15, 0.2) is 0 Å². The molecule has 2 aromatic rings. The van der Waals surface area contributed by atoms with Gasteiger partial charge in [-0.15, -0.1) is 0 Å². The van der Waals surface area contributed by atoms with Crippen molar-refractivity contribution in [2.24, 2.45) is 0 Å². The molecule has 4 N–H and O–H groups in total. The molecule has 0 radical (unpaired) electrons. The minimum atomic E-state index is -2.70. The number of hydrogen-bond acceptors (Lipinski definition) is 3. The molecule has 26 heavy (non-hydrogen) atoms. The number of alkyl halides is 2. The normalized spacial score (nSPS) is 14.5. The molecule has 0 fully saturated rings. The van der Waals surface area contributed by atoms with Crippen molar-refractivity contribution in [3.8, 4) is 0 Å². The number of aryl methyl sites for hydroxylation is 1. The van der Waals surface area contributed by atoms with Crippen LogP contribution in [0.1, 0.15) is 35.9 Å². The Morgan fingerprint density at radius 2 is 2.08 bits per heavy atom. The van der Waals surface area contributed by atoms with Gasteiger partial charge in [-0.1, -0.05) is 0 Å². The third-order valence-corrected chi connectivity index (χ3v) is 4.15. The Kier molecular flexibility index (Phi) is 4.75. The lowest BCUT2D eigenvalue weighted by atomic mass is 10.0. The van der Waals surface area contributed by atoms with E-state index >= 15 is 0 Å². The number of carbonyl (C=O) groups is 2. The molecule has 3 rings (SSSR count). The summed E-state index contributed by atoms with van der Waals surface area (Å²) < 4.78 is 27.2. The Hall–Kier alpha value is -3.16. The monoisotopic (exact) mass is 360 g/mol. The van der Waals surface area contributed by atoms with Gasteiger partial charge in [0, 0.05) is 29.2 Å². The van der Waals surface area contributed by atoms with E-state index in [0.717, 1.165) is 0 Å². The number of rotatable bonds is 6. The number of anilines is 3. The first-order chi connectivity index (χ1) is 12.5. The molecule has 1 aliphatic heterocycles. The highest BCUT2D eigenvalue weighted by molar-refractivity contribution is 6.35. The van der Waals surface area contributed by atoms with Gasteiger partial charge in [-0.25, -0.2) is 8.78 Å². The minimum absolute atomic E-state index is 0.166. The second-order valence-corrected chi connectivity index (χ2v) is 5.82. The summed E-state index contributed by atoms with van der Waals surface area (Å²) >= 11 is 0. The molecular formula is C18H18F2N4O2. The maximum atomic E-state index is 13.6. The van der Waals surface area contributed by atoms with Crippen molar-refractivity contribution in [2.75, 3.05) is 22.5 Å². The van der Waals surface area contributed by atoms with Gasteiger partial charge in [0.05, 0.1) is 22.5 Å². The molecule has 0 aliphatic carbocycles. The summed E-state index contributed by atoms with van der Waals surface area (Å²) in [6.45, 7) is 4.02. The van der Waals surface area contributed by atoms with Gasteiger partial charge < -0.3 is 20.9 Å². The van der Waals surface area contributed by atoms with E-state index in [1.807, 2.05) is 6.92 Å². The van der Waals surface area contributed by atoms with Crippen LogP contribution in [-0.4, -0.2) is 23.8 Å². The number of halogens is 2. The van der Waals surface area contributed by atoms with E-state index in [0.29, 0.717) is 41.3 Å². The van der Waals surface area contributed by atoms with Crippen molar-refractivity contribution in [1.82, 2.24) is 4.98 Å². The molecule has 0 spiro atoms. The smallest absolute Gasteiger partial charge is 0.267 e. The summed E-state index contributed by atoms with van der Waals surface area (Å²) in [5.74, 6) is -0.388. The summed E-state index contributed by atoms with van der Waals surface area (Å²) in [7, 11) is 0. The van der Waals surface area contributed by atoms with Crippen LogP contribution in [0.4, 0.5) is 25.8 Å². The van der Waals surface area contributed by atoms with Crippen molar-refractivity contribution in [2.45, 2.75) is 20.3 Å².